The number of methoxy groups -OCH3 is 3. The molecular formula is C22H23NO5. The van der Waals surface area contributed by atoms with Gasteiger partial charge in [-0.2, -0.15) is 0 Å². The highest BCUT2D eigenvalue weighted by Gasteiger charge is 2.23. The predicted octanol–water partition coefficient (Wildman–Crippen LogP) is 4.75. The normalized spacial score (nSPS) is 10.9. The molecule has 1 heterocycles. The van der Waals surface area contributed by atoms with E-state index < -0.39 is 5.97 Å². The minimum atomic E-state index is -1.07. The first-order valence-corrected chi connectivity index (χ1v) is 8.88. The van der Waals surface area contributed by atoms with Gasteiger partial charge in [-0.1, -0.05) is 38.1 Å². The molecule has 6 heteroatoms. The zero-order chi connectivity index (χ0) is 20.4. The van der Waals surface area contributed by atoms with Gasteiger partial charge in [0.25, 0.3) is 0 Å². The van der Waals surface area contributed by atoms with E-state index in [9.17, 15) is 9.90 Å². The van der Waals surface area contributed by atoms with E-state index in [0.29, 0.717) is 34.0 Å². The van der Waals surface area contributed by atoms with Gasteiger partial charge in [-0.05, 0) is 17.5 Å². The Bertz CT molecular complexity index is 1030. The maximum Gasteiger partial charge on any atom is 0.336 e. The van der Waals surface area contributed by atoms with Crippen LogP contribution >= 0.6 is 0 Å². The van der Waals surface area contributed by atoms with Crippen molar-refractivity contribution in [3.05, 3.63) is 47.5 Å². The van der Waals surface area contributed by atoms with Gasteiger partial charge in [0, 0.05) is 11.6 Å². The second-order valence-electron chi connectivity index (χ2n) is 6.68. The summed E-state index contributed by atoms with van der Waals surface area (Å²) >= 11 is 0. The Balaban J connectivity index is 2.31. The summed E-state index contributed by atoms with van der Waals surface area (Å²) in [6.07, 6.45) is 0. The Morgan fingerprint density at radius 2 is 1.61 bits per heavy atom. The minimum Gasteiger partial charge on any atom is -0.493 e. The highest BCUT2D eigenvalue weighted by atomic mass is 16.5. The summed E-state index contributed by atoms with van der Waals surface area (Å²) in [5, 5.41) is 10.2. The van der Waals surface area contributed by atoms with Crippen molar-refractivity contribution in [3.63, 3.8) is 0 Å². The van der Waals surface area contributed by atoms with Crippen LogP contribution in [0.4, 0.5) is 0 Å². The van der Waals surface area contributed by atoms with Gasteiger partial charge in [0.1, 0.15) is 0 Å². The fourth-order valence-corrected chi connectivity index (χ4v) is 3.22. The van der Waals surface area contributed by atoms with Crippen molar-refractivity contribution in [3.8, 4) is 28.5 Å². The average Bonchev–Trinajstić information content (AvgIpc) is 2.71. The van der Waals surface area contributed by atoms with Crippen LogP contribution in [-0.4, -0.2) is 37.4 Å². The number of benzene rings is 2. The van der Waals surface area contributed by atoms with Crippen LogP contribution in [0, 0.1) is 0 Å². The minimum absolute atomic E-state index is 0.0886. The summed E-state index contributed by atoms with van der Waals surface area (Å²) < 4.78 is 16.2. The van der Waals surface area contributed by atoms with Crippen molar-refractivity contribution in [2.75, 3.05) is 21.3 Å². The van der Waals surface area contributed by atoms with Gasteiger partial charge >= 0.3 is 5.97 Å². The van der Waals surface area contributed by atoms with Crippen LogP contribution in [0.25, 0.3) is 22.2 Å². The largest absolute Gasteiger partial charge is 0.493 e. The van der Waals surface area contributed by atoms with Crippen LogP contribution in [0.1, 0.15) is 35.7 Å². The average molecular weight is 381 g/mol. The van der Waals surface area contributed by atoms with Gasteiger partial charge in [0.2, 0.25) is 5.75 Å². The first-order valence-electron chi connectivity index (χ1n) is 8.88. The van der Waals surface area contributed by atoms with Gasteiger partial charge in [0.05, 0.1) is 43.5 Å². The molecule has 0 aliphatic carbocycles. The molecule has 0 unspecified atom stereocenters. The number of nitrogens with zero attached hydrogens (tertiary/aromatic N) is 1. The molecule has 0 atom stereocenters. The number of pyridine rings is 1. The Kier molecular flexibility index (Phi) is 5.40. The van der Waals surface area contributed by atoms with Gasteiger partial charge in [0.15, 0.2) is 11.5 Å². The molecule has 0 amide bonds. The number of rotatable bonds is 6. The molecule has 28 heavy (non-hydrogen) atoms. The number of ether oxygens (including phenoxy) is 3. The summed E-state index contributed by atoms with van der Waals surface area (Å²) in [5.41, 5.74) is 3.15. The summed E-state index contributed by atoms with van der Waals surface area (Å²) in [4.78, 5) is 16.7. The maximum atomic E-state index is 12.0. The van der Waals surface area contributed by atoms with Crippen LogP contribution in [0.3, 0.4) is 0 Å². The fourth-order valence-electron chi connectivity index (χ4n) is 3.22. The van der Waals surface area contributed by atoms with Crippen molar-refractivity contribution >= 4 is 16.9 Å². The lowest BCUT2D eigenvalue weighted by molar-refractivity contribution is 0.0698. The molecule has 0 aliphatic rings. The van der Waals surface area contributed by atoms with Crippen LogP contribution in [-0.2, 0) is 0 Å². The SMILES string of the molecule is COc1cc2nc(-c3ccc(C(C)C)cc3)cc(C(=O)O)c2c(OC)c1OC. The number of hydrogen-bond donors (Lipinski definition) is 1. The number of aromatic nitrogens is 1. The molecule has 0 saturated heterocycles. The lowest BCUT2D eigenvalue weighted by Gasteiger charge is -2.16. The van der Waals surface area contributed by atoms with E-state index in [0.717, 1.165) is 5.56 Å². The van der Waals surface area contributed by atoms with E-state index in [4.69, 9.17) is 14.2 Å². The van der Waals surface area contributed by atoms with Crippen molar-refractivity contribution in [2.24, 2.45) is 0 Å². The number of fused-ring (bicyclic) bond motifs is 1. The Labute approximate surface area is 163 Å². The number of carboxylic acids is 1. The van der Waals surface area contributed by atoms with E-state index in [1.807, 2.05) is 24.3 Å². The lowest BCUT2D eigenvalue weighted by atomic mass is 9.99. The van der Waals surface area contributed by atoms with Gasteiger partial charge < -0.3 is 19.3 Å². The molecule has 3 rings (SSSR count). The number of hydrogen-bond acceptors (Lipinski definition) is 5. The van der Waals surface area contributed by atoms with Crippen molar-refractivity contribution in [1.29, 1.82) is 0 Å². The van der Waals surface area contributed by atoms with E-state index in [2.05, 4.69) is 18.8 Å². The molecule has 0 fully saturated rings. The van der Waals surface area contributed by atoms with Crippen LogP contribution < -0.4 is 14.2 Å². The third-order valence-electron chi connectivity index (χ3n) is 4.70. The Hall–Kier alpha value is -3.28. The Morgan fingerprint density at radius 1 is 0.964 bits per heavy atom. The van der Waals surface area contributed by atoms with E-state index in [1.165, 1.54) is 26.9 Å². The van der Waals surface area contributed by atoms with Crippen LogP contribution in [0.5, 0.6) is 17.2 Å². The molecule has 6 nitrogen and oxygen atoms in total. The molecule has 3 aromatic rings. The second-order valence-corrected chi connectivity index (χ2v) is 6.68. The standard InChI is InChI=1S/C22H23NO5/c1-12(2)13-6-8-14(9-7-13)16-10-15(22(24)25)19-17(23-16)11-18(26-3)20(27-4)21(19)28-5/h6-12H,1-5H3,(H,24,25). The Morgan fingerprint density at radius 3 is 2.11 bits per heavy atom. The lowest BCUT2D eigenvalue weighted by Crippen LogP contribution is -2.04. The van der Waals surface area contributed by atoms with Crippen molar-refractivity contribution in [2.45, 2.75) is 19.8 Å². The topological polar surface area (TPSA) is 77.9 Å². The quantitative estimate of drug-likeness (QED) is 0.664. The van der Waals surface area contributed by atoms with Gasteiger partial charge in [-0.3, -0.25) is 0 Å². The highest BCUT2D eigenvalue weighted by molar-refractivity contribution is 6.08. The predicted molar refractivity (Wildman–Crippen MR) is 108 cm³/mol. The molecule has 0 bridgehead atoms. The smallest absolute Gasteiger partial charge is 0.336 e. The van der Waals surface area contributed by atoms with Crippen molar-refractivity contribution < 1.29 is 24.1 Å². The zero-order valence-electron chi connectivity index (χ0n) is 16.6. The molecule has 0 radical (unpaired) electrons. The number of carbonyl (C=O) groups is 1. The molecule has 0 saturated carbocycles. The monoisotopic (exact) mass is 381 g/mol. The summed E-state index contributed by atoms with van der Waals surface area (Å²) in [5.74, 6) is 0.370. The van der Waals surface area contributed by atoms with Gasteiger partial charge in [-0.15, -0.1) is 0 Å². The van der Waals surface area contributed by atoms with E-state index >= 15 is 0 Å². The summed E-state index contributed by atoms with van der Waals surface area (Å²) in [6.45, 7) is 4.25. The first-order chi connectivity index (χ1) is 13.4. The van der Waals surface area contributed by atoms with E-state index in [1.54, 1.807) is 12.1 Å². The molecular weight excluding hydrogens is 358 g/mol. The fraction of sp³-hybridized carbons (Fsp3) is 0.273. The van der Waals surface area contributed by atoms with Crippen molar-refractivity contribution in [1.82, 2.24) is 4.98 Å². The molecule has 0 spiro atoms. The molecule has 1 N–H and O–H groups in total. The van der Waals surface area contributed by atoms with Crippen LogP contribution in [0.15, 0.2) is 36.4 Å². The van der Waals surface area contributed by atoms with Gasteiger partial charge in [-0.25, -0.2) is 9.78 Å². The molecule has 1 aromatic heterocycles. The summed E-state index contributed by atoms with van der Waals surface area (Å²) in [7, 11) is 4.45. The third kappa shape index (κ3) is 3.33. The molecule has 2 aromatic carbocycles. The molecule has 0 aliphatic heterocycles. The molecule has 146 valence electrons. The zero-order valence-corrected chi connectivity index (χ0v) is 16.6. The number of aromatic carboxylic acids is 1. The first kappa shape index (κ1) is 19.5. The highest BCUT2D eigenvalue weighted by Crippen LogP contribution is 2.44. The maximum absolute atomic E-state index is 12.0. The van der Waals surface area contributed by atoms with E-state index in [-0.39, 0.29) is 11.3 Å². The second kappa shape index (κ2) is 7.76. The summed E-state index contributed by atoms with van der Waals surface area (Å²) in [6, 6.07) is 11.2. The van der Waals surface area contributed by atoms with Crippen LogP contribution in [0.2, 0.25) is 0 Å². The number of carboxylic acid groups (broad SMARTS) is 1. The third-order valence-corrected chi connectivity index (χ3v) is 4.70.